The molecule has 0 aliphatic rings. The molecule has 0 unspecified atom stereocenters. The molecular formula is C23H20N2O3S. The molecule has 4 rings (SSSR count). The fraction of sp³-hybridized carbons (Fsp3) is 0.130. The second kappa shape index (κ2) is 8.32. The van der Waals surface area contributed by atoms with Crippen LogP contribution in [-0.4, -0.2) is 17.6 Å². The smallest absolute Gasteiger partial charge is 0.261 e. The first kappa shape index (κ1) is 19.0. The van der Waals surface area contributed by atoms with E-state index in [1.807, 2.05) is 60.7 Å². The Morgan fingerprint density at radius 1 is 1.03 bits per heavy atom. The first-order chi connectivity index (χ1) is 14.1. The summed E-state index contributed by atoms with van der Waals surface area (Å²) in [6.45, 7) is 0.916. The van der Waals surface area contributed by atoms with E-state index >= 15 is 0 Å². The minimum atomic E-state index is -0.184. The maximum absolute atomic E-state index is 12.8. The summed E-state index contributed by atoms with van der Waals surface area (Å²) in [5, 5.41) is 3.48. The summed E-state index contributed by atoms with van der Waals surface area (Å²) in [7, 11) is 1.62. The molecule has 29 heavy (non-hydrogen) atoms. The van der Waals surface area contributed by atoms with Crippen LogP contribution in [0.25, 0.3) is 10.1 Å². The number of pyridine rings is 1. The number of thiophene rings is 1. The van der Waals surface area contributed by atoms with Gasteiger partial charge in [-0.15, -0.1) is 11.3 Å². The van der Waals surface area contributed by atoms with Gasteiger partial charge in [0, 0.05) is 17.4 Å². The second-order valence-electron chi connectivity index (χ2n) is 6.65. The molecule has 2 aromatic heterocycles. The van der Waals surface area contributed by atoms with Crippen LogP contribution in [0, 0.1) is 0 Å². The number of nitrogens with zero attached hydrogens (tertiary/aromatic N) is 1. The van der Waals surface area contributed by atoms with Crippen molar-refractivity contribution in [3.05, 3.63) is 99.3 Å². The van der Waals surface area contributed by atoms with E-state index in [4.69, 9.17) is 4.74 Å². The van der Waals surface area contributed by atoms with E-state index in [-0.39, 0.29) is 11.5 Å². The Bertz CT molecular complexity index is 1190. The van der Waals surface area contributed by atoms with Crippen LogP contribution in [0.3, 0.4) is 0 Å². The zero-order valence-corrected chi connectivity index (χ0v) is 16.7. The normalized spacial score (nSPS) is 10.8. The van der Waals surface area contributed by atoms with E-state index in [2.05, 4.69) is 5.32 Å². The van der Waals surface area contributed by atoms with Gasteiger partial charge in [-0.25, -0.2) is 0 Å². The third-order valence-electron chi connectivity index (χ3n) is 4.69. The zero-order chi connectivity index (χ0) is 20.2. The maximum Gasteiger partial charge on any atom is 0.261 e. The molecule has 1 amide bonds. The van der Waals surface area contributed by atoms with Crippen molar-refractivity contribution in [1.82, 2.24) is 9.88 Å². The minimum absolute atomic E-state index is 0.0863. The molecule has 0 atom stereocenters. The monoisotopic (exact) mass is 404 g/mol. The average molecular weight is 404 g/mol. The summed E-state index contributed by atoms with van der Waals surface area (Å²) in [5.41, 5.74) is 1.95. The number of methoxy groups -OCH3 is 1. The van der Waals surface area contributed by atoms with Gasteiger partial charge in [0.15, 0.2) is 0 Å². The van der Waals surface area contributed by atoms with E-state index < -0.39 is 0 Å². The molecular weight excluding hydrogens is 384 g/mol. The van der Waals surface area contributed by atoms with E-state index in [0.29, 0.717) is 23.4 Å². The SMILES string of the molecule is COc1ccc(CNC(=O)c2cc3c(=O)n(Cc4ccccc4)ccc3s2)cc1. The Kier molecular flexibility index (Phi) is 5.44. The van der Waals surface area contributed by atoms with Crippen molar-refractivity contribution < 1.29 is 9.53 Å². The van der Waals surface area contributed by atoms with Gasteiger partial charge in [-0.1, -0.05) is 42.5 Å². The molecule has 0 spiro atoms. The molecule has 0 aliphatic heterocycles. The topological polar surface area (TPSA) is 60.3 Å². The van der Waals surface area contributed by atoms with Gasteiger partial charge in [-0.2, -0.15) is 0 Å². The third-order valence-corrected chi connectivity index (χ3v) is 5.79. The Morgan fingerprint density at radius 2 is 1.79 bits per heavy atom. The van der Waals surface area contributed by atoms with Gasteiger partial charge < -0.3 is 14.6 Å². The quantitative estimate of drug-likeness (QED) is 0.527. The van der Waals surface area contributed by atoms with Crippen molar-refractivity contribution in [1.29, 1.82) is 0 Å². The summed E-state index contributed by atoms with van der Waals surface area (Å²) < 4.78 is 7.62. The molecule has 0 saturated heterocycles. The van der Waals surface area contributed by atoms with Crippen LogP contribution in [0.5, 0.6) is 5.75 Å². The maximum atomic E-state index is 12.8. The van der Waals surface area contributed by atoms with Crippen LogP contribution < -0.4 is 15.6 Å². The van der Waals surface area contributed by atoms with Gasteiger partial charge >= 0.3 is 0 Å². The zero-order valence-electron chi connectivity index (χ0n) is 15.9. The predicted octanol–water partition coefficient (Wildman–Crippen LogP) is 4.05. The molecule has 1 N–H and O–H groups in total. The predicted molar refractivity (Wildman–Crippen MR) is 116 cm³/mol. The molecule has 2 heterocycles. The van der Waals surface area contributed by atoms with Crippen LogP contribution in [0.1, 0.15) is 20.8 Å². The van der Waals surface area contributed by atoms with Gasteiger partial charge in [-0.3, -0.25) is 9.59 Å². The molecule has 0 bridgehead atoms. The van der Waals surface area contributed by atoms with Crippen LogP contribution in [0.2, 0.25) is 0 Å². The number of fused-ring (bicyclic) bond motifs is 1. The van der Waals surface area contributed by atoms with E-state index in [9.17, 15) is 9.59 Å². The first-order valence-corrected chi connectivity index (χ1v) is 10.0. The van der Waals surface area contributed by atoms with Crippen molar-refractivity contribution in [2.45, 2.75) is 13.1 Å². The van der Waals surface area contributed by atoms with Gasteiger partial charge in [0.25, 0.3) is 11.5 Å². The summed E-state index contributed by atoms with van der Waals surface area (Å²) in [4.78, 5) is 25.9. The second-order valence-corrected chi connectivity index (χ2v) is 7.74. The van der Waals surface area contributed by atoms with Crippen molar-refractivity contribution >= 4 is 27.3 Å². The molecule has 0 radical (unpaired) electrons. The lowest BCUT2D eigenvalue weighted by molar-refractivity contribution is 0.0955. The van der Waals surface area contributed by atoms with Crippen molar-refractivity contribution in [3.63, 3.8) is 0 Å². The molecule has 0 aliphatic carbocycles. The van der Waals surface area contributed by atoms with Crippen molar-refractivity contribution in [2.75, 3.05) is 7.11 Å². The van der Waals surface area contributed by atoms with Gasteiger partial charge in [0.1, 0.15) is 5.75 Å². The highest BCUT2D eigenvalue weighted by atomic mass is 32.1. The fourth-order valence-corrected chi connectivity index (χ4v) is 4.07. The molecule has 146 valence electrons. The highest BCUT2D eigenvalue weighted by molar-refractivity contribution is 7.20. The van der Waals surface area contributed by atoms with Crippen LogP contribution in [0.4, 0.5) is 0 Å². The first-order valence-electron chi connectivity index (χ1n) is 9.22. The lowest BCUT2D eigenvalue weighted by Gasteiger charge is -2.05. The van der Waals surface area contributed by atoms with E-state index in [1.54, 1.807) is 23.9 Å². The largest absolute Gasteiger partial charge is 0.497 e. The number of hydrogen-bond acceptors (Lipinski definition) is 4. The number of rotatable bonds is 6. The van der Waals surface area contributed by atoms with Gasteiger partial charge in [-0.05, 0) is 35.4 Å². The highest BCUT2D eigenvalue weighted by Gasteiger charge is 2.13. The highest BCUT2D eigenvalue weighted by Crippen LogP contribution is 2.23. The third kappa shape index (κ3) is 4.22. The number of amides is 1. The minimum Gasteiger partial charge on any atom is -0.497 e. The van der Waals surface area contributed by atoms with Crippen LogP contribution in [-0.2, 0) is 13.1 Å². The van der Waals surface area contributed by atoms with Crippen LogP contribution in [0.15, 0.2) is 77.7 Å². The number of nitrogens with one attached hydrogen (secondary N) is 1. The van der Waals surface area contributed by atoms with Gasteiger partial charge in [0.05, 0.1) is 23.9 Å². The van der Waals surface area contributed by atoms with Crippen molar-refractivity contribution in [3.8, 4) is 5.75 Å². The lowest BCUT2D eigenvalue weighted by atomic mass is 10.2. The number of benzene rings is 2. The fourth-order valence-electron chi connectivity index (χ4n) is 3.11. The molecule has 0 fully saturated rings. The average Bonchev–Trinajstić information content (AvgIpc) is 3.20. The molecule has 5 nitrogen and oxygen atoms in total. The Hall–Kier alpha value is -3.38. The Labute approximate surface area is 172 Å². The summed E-state index contributed by atoms with van der Waals surface area (Å²) >= 11 is 1.33. The number of carbonyl (C=O) groups is 1. The number of carbonyl (C=O) groups excluding carboxylic acids is 1. The summed E-state index contributed by atoms with van der Waals surface area (Å²) in [6, 6.07) is 20.9. The molecule has 6 heteroatoms. The molecule has 2 aromatic carbocycles. The number of hydrogen-bond donors (Lipinski definition) is 1. The summed E-state index contributed by atoms with van der Waals surface area (Å²) in [5.74, 6) is 0.590. The number of ether oxygens (including phenoxy) is 1. The standard InChI is InChI=1S/C23H20N2O3S/c1-28-18-9-7-16(8-10-18)14-24-22(26)21-13-19-20(29-21)11-12-25(23(19)27)15-17-5-3-2-4-6-17/h2-13H,14-15H2,1H3,(H,24,26). The Morgan fingerprint density at radius 3 is 2.52 bits per heavy atom. The molecule has 0 saturated carbocycles. The Balaban J connectivity index is 1.51. The summed E-state index contributed by atoms with van der Waals surface area (Å²) in [6.07, 6.45) is 1.78. The van der Waals surface area contributed by atoms with Crippen LogP contribution >= 0.6 is 11.3 Å². The van der Waals surface area contributed by atoms with E-state index in [0.717, 1.165) is 21.6 Å². The van der Waals surface area contributed by atoms with Gasteiger partial charge in [0.2, 0.25) is 0 Å². The number of aromatic nitrogens is 1. The lowest BCUT2D eigenvalue weighted by Crippen LogP contribution is -2.22. The van der Waals surface area contributed by atoms with E-state index in [1.165, 1.54) is 11.3 Å². The molecule has 4 aromatic rings. The van der Waals surface area contributed by atoms with Crippen molar-refractivity contribution in [2.24, 2.45) is 0 Å².